The molecule has 1 aromatic heterocycles. The molecule has 0 aliphatic carbocycles. The lowest BCUT2D eigenvalue weighted by atomic mass is 10.0. The molecule has 230 valence electrons. The Morgan fingerprint density at radius 3 is 2.07 bits per heavy atom. The number of hydrogen-bond donors (Lipinski definition) is 9. The Bertz CT molecular complexity index is 1030. The average molecular weight is 583 g/mol. The van der Waals surface area contributed by atoms with Crippen molar-refractivity contribution in [3.05, 3.63) is 18.2 Å². The molecule has 0 radical (unpaired) electrons. The number of aromatic nitrogens is 2. The molecule has 0 aromatic carbocycles. The van der Waals surface area contributed by atoms with Crippen molar-refractivity contribution in [1.29, 1.82) is 0 Å². The van der Waals surface area contributed by atoms with Gasteiger partial charge in [-0.2, -0.15) is 0 Å². The molecule has 1 rings (SSSR count). The van der Waals surface area contributed by atoms with Crippen molar-refractivity contribution >= 4 is 35.6 Å². The topological polar surface area (TPSA) is 272 Å². The number of hydrogen-bond acceptors (Lipinski definition) is 9. The first kappa shape index (κ1) is 35.0. The van der Waals surface area contributed by atoms with Gasteiger partial charge in [-0.3, -0.25) is 24.0 Å². The highest BCUT2D eigenvalue weighted by atomic mass is 16.4. The van der Waals surface area contributed by atoms with Crippen molar-refractivity contribution in [3.63, 3.8) is 0 Å². The third-order valence-corrected chi connectivity index (χ3v) is 6.18. The maximum absolute atomic E-state index is 13.1. The quantitative estimate of drug-likeness (QED) is 0.0802. The zero-order valence-electron chi connectivity index (χ0n) is 23.5. The first-order valence-corrected chi connectivity index (χ1v) is 13.4. The summed E-state index contributed by atoms with van der Waals surface area (Å²) in [6.07, 6.45) is 3.81. The molecule has 16 nitrogen and oxygen atoms in total. The van der Waals surface area contributed by atoms with E-state index in [0.717, 1.165) is 0 Å². The summed E-state index contributed by atoms with van der Waals surface area (Å²) in [6.45, 7) is 5.08. The number of nitrogens with zero attached hydrogens (tertiary/aromatic N) is 1. The van der Waals surface area contributed by atoms with Crippen LogP contribution in [0.3, 0.4) is 0 Å². The fourth-order valence-corrected chi connectivity index (χ4v) is 3.72. The molecular weight excluding hydrogens is 540 g/mol. The van der Waals surface area contributed by atoms with Crippen molar-refractivity contribution in [2.45, 2.75) is 89.5 Å². The van der Waals surface area contributed by atoms with E-state index in [0.29, 0.717) is 31.5 Å². The highest BCUT2D eigenvalue weighted by Gasteiger charge is 2.32. The zero-order chi connectivity index (χ0) is 31.1. The summed E-state index contributed by atoms with van der Waals surface area (Å²) in [6, 6.07) is -5.77. The highest BCUT2D eigenvalue weighted by molar-refractivity contribution is 5.95. The summed E-state index contributed by atoms with van der Waals surface area (Å²) < 4.78 is 0. The SMILES string of the molecule is CC(NC(=O)C(Cc1cnc[nH]1)NC(=O)C(N)CCCCN)C(=O)NC(C(=O)NC(CCC(=O)O)C(=O)O)C(C)C. The molecule has 0 spiro atoms. The normalized spacial score (nSPS) is 14.7. The number of carbonyl (C=O) groups excluding carboxylic acids is 4. The van der Waals surface area contributed by atoms with Crippen molar-refractivity contribution in [2.24, 2.45) is 17.4 Å². The van der Waals surface area contributed by atoms with Gasteiger partial charge in [0.1, 0.15) is 24.2 Å². The standard InChI is InChI=1S/C25H42N8O8/c1-13(2)20(24(39)31-17(25(40)41)7-8-19(34)35)33-21(36)14(3)30-23(38)18(10-15-11-28-12-29-15)32-22(37)16(27)6-4-5-9-26/h11-14,16-18,20H,4-10,26-27H2,1-3H3,(H,28,29)(H,30,38)(H,31,39)(H,32,37)(H,33,36)(H,34,35)(H,40,41). The van der Waals surface area contributed by atoms with E-state index in [1.807, 2.05) is 0 Å². The smallest absolute Gasteiger partial charge is 0.326 e. The highest BCUT2D eigenvalue weighted by Crippen LogP contribution is 2.07. The first-order valence-electron chi connectivity index (χ1n) is 13.4. The van der Waals surface area contributed by atoms with Gasteiger partial charge in [-0.1, -0.05) is 20.3 Å². The Kier molecular flexibility index (Phi) is 15.0. The van der Waals surface area contributed by atoms with E-state index < -0.39 is 78.1 Å². The van der Waals surface area contributed by atoms with Crippen LogP contribution in [0.1, 0.15) is 58.6 Å². The molecule has 16 heteroatoms. The number of nitrogens with one attached hydrogen (secondary N) is 5. The van der Waals surface area contributed by atoms with Crippen LogP contribution in [0.4, 0.5) is 0 Å². The molecule has 1 aromatic rings. The van der Waals surface area contributed by atoms with Gasteiger partial charge in [0.2, 0.25) is 23.6 Å². The maximum atomic E-state index is 13.1. The molecule has 0 aliphatic heterocycles. The van der Waals surface area contributed by atoms with Crippen LogP contribution in [0.5, 0.6) is 0 Å². The summed E-state index contributed by atoms with van der Waals surface area (Å²) >= 11 is 0. The summed E-state index contributed by atoms with van der Waals surface area (Å²) in [5, 5.41) is 28.0. The molecule has 5 atom stereocenters. The second kappa shape index (κ2) is 17.6. The Morgan fingerprint density at radius 2 is 1.54 bits per heavy atom. The molecule has 4 amide bonds. The van der Waals surface area contributed by atoms with Gasteiger partial charge in [-0.15, -0.1) is 0 Å². The molecule has 11 N–H and O–H groups in total. The van der Waals surface area contributed by atoms with Gasteiger partial charge >= 0.3 is 11.9 Å². The molecule has 0 fully saturated rings. The number of H-pyrrole nitrogens is 1. The van der Waals surface area contributed by atoms with E-state index in [4.69, 9.17) is 16.6 Å². The Morgan fingerprint density at radius 1 is 0.878 bits per heavy atom. The molecule has 0 bridgehead atoms. The van der Waals surface area contributed by atoms with Crippen molar-refractivity contribution < 1.29 is 39.0 Å². The maximum Gasteiger partial charge on any atom is 0.326 e. The van der Waals surface area contributed by atoms with Gasteiger partial charge in [-0.05, 0) is 38.6 Å². The van der Waals surface area contributed by atoms with Crippen LogP contribution in [0.2, 0.25) is 0 Å². The second-order valence-corrected chi connectivity index (χ2v) is 10.0. The number of carboxylic acid groups (broad SMARTS) is 2. The summed E-state index contributed by atoms with van der Waals surface area (Å²) in [4.78, 5) is 80.5. The fraction of sp³-hybridized carbons (Fsp3) is 0.640. The van der Waals surface area contributed by atoms with E-state index in [9.17, 15) is 33.9 Å². The minimum atomic E-state index is -1.47. The zero-order valence-corrected chi connectivity index (χ0v) is 23.5. The predicted molar refractivity (Wildman–Crippen MR) is 146 cm³/mol. The van der Waals surface area contributed by atoms with Gasteiger partial charge in [0.15, 0.2) is 0 Å². The Hall–Kier alpha value is -4.05. The van der Waals surface area contributed by atoms with Crippen LogP contribution >= 0.6 is 0 Å². The second-order valence-electron chi connectivity index (χ2n) is 10.0. The molecule has 41 heavy (non-hydrogen) atoms. The van der Waals surface area contributed by atoms with Crippen LogP contribution in [0, 0.1) is 5.92 Å². The van der Waals surface area contributed by atoms with Gasteiger partial charge in [-0.25, -0.2) is 9.78 Å². The number of imidazole rings is 1. The molecule has 1 heterocycles. The fourth-order valence-electron chi connectivity index (χ4n) is 3.72. The van der Waals surface area contributed by atoms with Gasteiger partial charge in [0, 0.05) is 24.7 Å². The van der Waals surface area contributed by atoms with Crippen LogP contribution < -0.4 is 32.7 Å². The molecular formula is C25H42N8O8. The van der Waals surface area contributed by atoms with Crippen LogP contribution in [0.15, 0.2) is 12.5 Å². The first-order chi connectivity index (χ1) is 19.3. The molecule has 0 saturated carbocycles. The molecule has 0 aliphatic rings. The minimum Gasteiger partial charge on any atom is -0.481 e. The van der Waals surface area contributed by atoms with Gasteiger partial charge in [0.25, 0.3) is 0 Å². The van der Waals surface area contributed by atoms with Crippen molar-refractivity contribution in [1.82, 2.24) is 31.2 Å². The number of carboxylic acids is 2. The van der Waals surface area contributed by atoms with E-state index in [1.54, 1.807) is 13.8 Å². The van der Waals surface area contributed by atoms with Gasteiger partial charge < -0.3 is 47.9 Å². The average Bonchev–Trinajstić information content (AvgIpc) is 3.41. The Labute approximate surface area is 237 Å². The summed E-state index contributed by atoms with van der Waals surface area (Å²) in [5.74, 6) is -5.92. The van der Waals surface area contributed by atoms with Gasteiger partial charge in [0.05, 0.1) is 12.4 Å². The van der Waals surface area contributed by atoms with Crippen LogP contribution in [-0.2, 0) is 35.2 Å². The largest absolute Gasteiger partial charge is 0.481 e. The number of carbonyl (C=O) groups is 6. The number of amides is 4. The lowest BCUT2D eigenvalue weighted by molar-refractivity contribution is -0.143. The van der Waals surface area contributed by atoms with Crippen molar-refractivity contribution in [2.75, 3.05) is 6.54 Å². The summed E-state index contributed by atoms with van der Waals surface area (Å²) in [5.41, 5.74) is 12.0. The third-order valence-electron chi connectivity index (χ3n) is 6.18. The van der Waals surface area contributed by atoms with Crippen LogP contribution in [0.25, 0.3) is 0 Å². The number of nitrogens with two attached hydrogens (primary N) is 2. The van der Waals surface area contributed by atoms with E-state index in [-0.39, 0.29) is 12.8 Å². The van der Waals surface area contributed by atoms with E-state index in [2.05, 4.69) is 31.2 Å². The monoisotopic (exact) mass is 582 g/mol. The van der Waals surface area contributed by atoms with E-state index >= 15 is 0 Å². The van der Waals surface area contributed by atoms with Crippen molar-refractivity contribution in [3.8, 4) is 0 Å². The third kappa shape index (κ3) is 12.8. The van der Waals surface area contributed by atoms with E-state index in [1.165, 1.54) is 19.4 Å². The Balaban J connectivity index is 2.89. The van der Waals surface area contributed by atoms with Crippen LogP contribution in [-0.4, -0.2) is 92.5 Å². The lowest BCUT2D eigenvalue weighted by Crippen LogP contribution is -2.59. The number of aliphatic carboxylic acids is 2. The number of aromatic amines is 1. The number of rotatable bonds is 19. The number of unbranched alkanes of at least 4 members (excludes halogenated alkanes) is 1. The molecule has 0 saturated heterocycles. The minimum absolute atomic E-state index is 0.0331. The predicted octanol–water partition coefficient (Wildman–Crippen LogP) is -2.03. The molecule has 5 unspecified atom stereocenters. The summed E-state index contributed by atoms with van der Waals surface area (Å²) in [7, 11) is 0. The lowest BCUT2D eigenvalue weighted by Gasteiger charge is -2.26.